The second kappa shape index (κ2) is 11.5. The average Bonchev–Trinajstić information content (AvgIpc) is 3.59. The van der Waals surface area contributed by atoms with Crippen LogP contribution in [0.1, 0.15) is 40.5 Å². The molecular weight excluding hydrogens is 551 g/mol. The number of carbonyl (C=O) groups is 2. The molecular formula is C29H28F3N7O3. The largest absolute Gasteiger partial charge is 0.439 e. The summed E-state index contributed by atoms with van der Waals surface area (Å²) in [6, 6.07) is 9.61. The summed E-state index contributed by atoms with van der Waals surface area (Å²) >= 11 is 0. The van der Waals surface area contributed by atoms with Gasteiger partial charge in [0.2, 0.25) is 17.7 Å². The molecule has 0 aliphatic carbocycles. The number of nitrogens with one attached hydrogen (secondary N) is 2. The first-order valence-corrected chi connectivity index (χ1v) is 13.1. The normalized spacial score (nSPS) is 15.0. The molecule has 1 aliphatic heterocycles. The average molecular weight is 580 g/mol. The topological polar surface area (TPSA) is 114 Å². The number of hydrogen-bond donors (Lipinski definition) is 2. The van der Waals surface area contributed by atoms with Crippen molar-refractivity contribution >= 4 is 23.5 Å². The Morgan fingerprint density at radius 3 is 2.57 bits per heavy atom. The molecule has 42 heavy (non-hydrogen) atoms. The lowest BCUT2D eigenvalue weighted by Gasteiger charge is -2.16. The van der Waals surface area contributed by atoms with Crippen LogP contribution in [0.3, 0.4) is 0 Å². The van der Waals surface area contributed by atoms with Gasteiger partial charge in [-0.3, -0.25) is 9.59 Å². The molecule has 1 unspecified atom stereocenters. The van der Waals surface area contributed by atoms with Gasteiger partial charge in [-0.05, 0) is 56.2 Å². The number of ether oxygens (including phenoxy) is 1. The van der Waals surface area contributed by atoms with Crippen LogP contribution in [-0.4, -0.2) is 55.4 Å². The molecule has 1 fully saturated rings. The maximum absolute atomic E-state index is 13.6. The molecule has 218 valence electrons. The predicted octanol–water partition coefficient (Wildman–Crippen LogP) is 5.38. The number of rotatable bonds is 7. The number of carbonyl (C=O) groups excluding carboxylic acids is 2. The predicted molar refractivity (Wildman–Crippen MR) is 149 cm³/mol. The third-order valence-electron chi connectivity index (χ3n) is 6.77. The molecule has 0 radical (unpaired) electrons. The number of nitrogens with zero attached hydrogens (tertiary/aromatic N) is 5. The van der Waals surface area contributed by atoms with Crippen LogP contribution >= 0.6 is 0 Å². The van der Waals surface area contributed by atoms with Gasteiger partial charge < -0.3 is 24.8 Å². The number of aromatic nitrogens is 4. The SMILES string of the molecule is CC(=O)N1CCC(Nc2nccc(Oc3cc(C(=O)Nc4cc(-n5cnc(C)c5)cc(C(F)(F)F)c4)ccc3C)n2)C1. The van der Waals surface area contributed by atoms with Gasteiger partial charge in [-0.15, -0.1) is 0 Å². The van der Waals surface area contributed by atoms with Crippen molar-refractivity contribution in [2.24, 2.45) is 0 Å². The third-order valence-corrected chi connectivity index (χ3v) is 6.77. The summed E-state index contributed by atoms with van der Waals surface area (Å²) in [4.78, 5) is 39.2. The monoisotopic (exact) mass is 579 g/mol. The smallest absolute Gasteiger partial charge is 0.416 e. The molecule has 1 saturated heterocycles. The second-order valence-corrected chi connectivity index (χ2v) is 10.0. The van der Waals surface area contributed by atoms with Crippen LogP contribution in [0.2, 0.25) is 0 Å². The summed E-state index contributed by atoms with van der Waals surface area (Å²) in [7, 11) is 0. The number of alkyl halides is 3. The summed E-state index contributed by atoms with van der Waals surface area (Å²) in [5, 5.41) is 5.78. The lowest BCUT2D eigenvalue weighted by molar-refractivity contribution is -0.137. The fourth-order valence-corrected chi connectivity index (χ4v) is 4.54. The highest BCUT2D eigenvalue weighted by atomic mass is 19.4. The summed E-state index contributed by atoms with van der Waals surface area (Å²) in [5.74, 6) is 0.303. The van der Waals surface area contributed by atoms with Gasteiger partial charge in [0, 0.05) is 61.5 Å². The van der Waals surface area contributed by atoms with Gasteiger partial charge in [0.15, 0.2) is 0 Å². The van der Waals surface area contributed by atoms with E-state index in [0.717, 1.165) is 18.6 Å². The molecule has 1 aliphatic rings. The first-order chi connectivity index (χ1) is 19.9. The van der Waals surface area contributed by atoms with E-state index in [-0.39, 0.29) is 34.8 Å². The van der Waals surface area contributed by atoms with Crippen molar-refractivity contribution in [2.75, 3.05) is 23.7 Å². The zero-order chi connectivity index (χ0) is 30.0. The van der Waals surface area contributed by atoms with Crippen molar-refractivity contribution < 1.29 is 27.5 Å². The molecule has 2 amide bonds. The highest BCUT2D eigenvalue weighted by Crippen LogP contribution is 2.33. The minimum atomic E-state index is -4.62. The van der Waals surface area contributed by atoms with Crippen LogP contribution in [0, 0.1) is 13.8 Å². The van der Waals surface area contributed by atoms with E-state index in [2.05, 4.69) is 25.6 Å². The second-order valence-electron chi connectivity index (χ2n) is 10.0. The van der Waals surface area contributed by atoms with Crippen molar-refractivity contribution in [2.45, 2.75) is 39.4 Å². The summed E-state index contributed by atoms with van der Waals surface area (Å²) in [6.07, 6.45) is 0.669. The first kappa shape index (κ1) is 28.6. The number of hydrogen-bond acceptors (Lipinski definition) is 7. The van der Waals surface area contributed by atoms with Crippen molar-refractivity contribution in [1.82, 2.24) is 24.4 Å². The molecule has 0 spiro atoms. The van der Waals surface area contributed by atoms with E-state index in [1.165, 1.54) is 36.1 Å². The molecule has 3 heterocycles. The lowest BCUT2D eigenvalue weighted by Crippen LogP contribution is -2.30. The van der Waals surface area contributed by atoms with Gasteiger partial charge in [-0.25, -0.2) is 9.97 Å². The Morgan fingerprint density at radius 1 is 1.07 bits per heavy atom. The molecule has 4 aromatic rings. The molecule has 2 N–H and O–H groups in total. The summed E-state index contributed by atoms with van der Waals surface area (Å²) in [6.45, 7) is 6.25. The molecule has 13 heteroatoms. The standard InChI is InChI=1S/C29H28F3N7O3/c1-17-4-5-20(10-25(17)42-26-6-8-33-28(37-26)36-22-7-9-38(15-22)19(3)40)27(41)35-23-11-21(29(30,31)32)12-24(13-23)39-14-18(2)34-16-39/h4-6,8,10-14,16,22H,7,9,15H2,1-3H3,(H,35,41)(H,33,36,37). The fourth-order valence-electron chi connectivity index (χ4n) is 4.54. The summed E-state index contributed by atoms with van der Waals surface area (Å²) in [5.41, 5.74) is 0.791. The number of imidazole rings is 1. The van der Waals surface area contributed by atoms with E-state index in [4.69, 9.17) is 4.74 Å². The van der Waals surface area contributed by atoms with E-state index < -0.39 is 17.6 Å². The fraction of sp³-hybridized carbons (Fsp3) is 0.276. The maximum atomic E-state index is 13.6. The van der Waals surface area contributed by atoms with Gasteiger partial charge in [0.1, 0.15) is 5.75 Å². The Balaban J connectivity index is 1.33. The highest BCUT2D eigenvalue weighted by molar-refractivity contribution is 6.04. The highest BCUT2D eigenvalue weighted by Gasteiger charge is 2.32. The lowest BCUT2D eigenvalue weighted by atomic mass is 10.1. The Morgan fingerprint density at radius 2 is 1.88 bits per heavy atom. The molecule has 0 bridgehead atoms. The van der Waals surface area contributed by atoms with Crippen LogP contribution in [0.25, 0.3) is 5.69 Å². The molecule has 2 aromatic carbocycles. The van der Waals surface area contributed by atoms with Crippen LogP contribution in [0.5, 0.6) is 11.6 Å². The zero-order valence-corrected chi connectivity index (χ0v) is 23.1. The minimum absolute atomic E-state index is 0.00655. The number of anilines is 2. The van der Waals surface area contributed by atoms with E-state index in [9.17, 15) is 22.8 Å². The zero-order valence-electron chi connectivity index (χ0n) is 23.1. The van der Waals surface area contributed by atoms with Crippen LogP contribution in [-0.2, 0) is 11.0 Å². The number of likely N-dealkylation sites (tertiary alicyclic amines) is 1. The van der Waals surface area contributed by atoms with Crippen molar-refractivity contribution in [3.8, 4) is 17.3 Å². The molecule has 0 saturated carbocycles. The first-order valence-electron chi connectivity index (χ1n) is 13.1. The van der Waals surface area contributed by atoms with Crippen LogP contribution < -0.4 is 15.4 Å². The Kier molecular flexibility index (Phi) is 7.83. The maximum Gasteiger partial charge on any atom is 0.416 e. The quantitative estimate of drug-likeness (QED) is 0.302. The van der Waals surface area contributed by atoms with Gasteiger partial charge in [0.25, 0.3) is 5.91 Å². The van der Waals surface area contributed by atoms with Gasteiger partial charge in [-0.2, -0.15) is 18.2 Å². The van der Waals surface area contributed by atoms with E-state index in [1.807, 2.05) is 0 Å². The van der Waals surface area contributed by atoms with Crippen LogP contribution in [0.15, 0.2) is 61.2 Å². The van der Waals surface area contributed by atoms with E-state index in [1.54, 1.807) is 43.1 Å². The number of benzene rings is 2. The number of aryl methyl sites for hydroxylation is 2. The van der Waals surface area contributed by atoms with Crippen molar-refractivity contribution in [3.05, 3.63) is 83.6 Å². The molecule has 1 atom stereocenters. The third kappa shape index (κ3) is 6.67. The Labute approximate surface area is 239 Å². The number of amides is 2. The van der Waals surface area contributed by atoms with Crippen molar-refractivity contribution in [3.63, 3.8) is 0 Å². The van der Waals surface area contributed by atoms with E-state index >= 15 is 0 Å². The van der Waals surface area contributed by atoms with Crippen LogP contribution in [0.4, 0.5) is 24.8 Å². The Hall–Kier alpha value is -4.94. The minimum Gasteiger partial charge on any atom is -0.439 e. The molecule has 10 nitrogen and oxygen atoms in total. The number of halogens is 3. The molecule has 2 aromatic heterocycles. The van der Waals surface area contributed by atoms with Crippen molar-refractivity contribution in [1.29, 1.82) is 0 Å². The Bertz CT molecular complexity index is 1640. The summed E-state index contributed by atoms with van der Waals surface area (Å²) < 4.78 is 48.3. The van der Waals surface area contributed by atoms with Gasteiger partial charge >= 0.3 is 6.18 Å². The molecule has 5 rings (SSSR count). The van der Waals surface area contributed by atoms with Gasteiger partial charge in [-0.1, -0.05) is 6.07 Å². The van der Waals surface area contributed by atoms with E-state index in [0.29, 0.717) is 36.0 Å². The van der Waals surface area contributed by atoms with Gasteiger partial charge in [0.05, 0.1) is 17.6 Å².